The van der Waals surface area contributed by atoms with Crippen LogP contribution in [0.1, 0.15) is 12.0 Å². The van der Waals surface area contributed by atoms with Crippen molar-refractivity contribution in [3.05, 3.63) is 64.9 Å². The number of halogens is 2. The molecule has 2 aromatic carbocycles. The minimum absolute atomic E-state index is 0.155. The molecule has 0 aliphatic carbocycles. The van der Waals surface area contributed by atoms with Crippen molar-refractivity contribution in [2.45, 2.75) is 19.0 Å². The van der Waals surface area contributed by atoms with Gasteiger partial charge >= 0.3 is 0 Å². The Kier molecular flexibility index (Phi) is 4.41. The van der Waals surface area contributed by atoms with E-state index in [1.54, 1.807) is 36.4 Å². The Labute approximate surface area is 137 Å². The highest BCUT2D eigenvalue weighted by atomic mass is 35.5. The van der Waals surface area contributed by atoms with E-state index in [9.17, 15) is 14.0 Å². The number of hydrogen-bond acceptors (Lipinski definition) is 2. The van der Waals surface area contributed by atoms with Gasteiger partial charge in [-0.3, -0.25) is 9.59 Å². The molecule has 2 N–H and O–H groups in total. The minimum atomic E-state index is -0.455. The van der Waals surface area contributed by atoms with Crippen molar-refractivity contribution < 1.29 is 19.3 Å². The summed E-state index contributed by atoms with van der Waals surface area (Å²) < 4.78 is 12.9. The fourth-order valence-electron chi connectivity index (χ4n) is 2.60. The van der Waals surface area contributed by atoms with Crippen LogP contribution in [0.15, 0.2) is 48.5 Å². The van der Waals surface area contributed by atoms with Gasteiger partial charge in [-0.05, 0) is 36.4 Å². The van der Waals surface area contributed by atoms with E-state index in [1.165, 1.54) is 17.0 Å². The minimum Gasteiger partial charge on any atom is -0.332 e. The highest BCUT2D eigenvalue weighted by Gasteiger charge is 2.42. The maximum Gasteiger partial charge on any atom is 0.292 e. The van der Waals surface area contributed by atoms with Crippen LogP contribution in [0.2, 0.25) is 5.02 Å². The number of benzene rings is 2. The molecule has 23 heavy (non-hydrogen) atoms. The molecule has 118 valence electrons. The van der Waals surface area contributed by atoms with E-state index in [4.69, 9.17) is 11.6 Å². The zero-order valence-electron chi connectivity index (χ0n) is 12.2. The van der Waals surface area contributed by atoms with Gasteiger partial charge in [-0.15, -0.1) is 0 Å². The maximum absolute atomic E-state index is 12.9. The Morgan fingerprint density at radius 3 is 2.39 bits per heavy atom. The third-order valence-electron chi connectivity index (χ3n) is 3.82. The van der Waals surface area contributed by atoms with E-state index in [-0.39, 0.29) is 24.1 Å². The van der Waals surface area contributed by atoms with E-state index in [2.05, 4.69) is 0 Å². The molecule has 3 rings (SSSR count). The summed E-state index contributed by atoms with van der Waals surface area (Å²) in [6.45, 7) is 0.512. The summed E-state index contributed by atoms with van der Waals surface area (Å²) in [6.07, 6.45) is 0.155. The number of quaternary nitrogens is 1. The molecular formula is C17H15ClFN2O2+. The van der Waals surface area contributed by atoms with E-state index in [0.717, 1.165) is 5.56 Å². The highest BCUT2D eigenvalue weighted by Crippen LogP contribution is 2.23. The molecule has 0 spiro atoms. The molecule has 1 heterocycles. The first-order valence-corrected chi connectivity index (χ1v) is 7.62. The van der Waals surface area contributed by atoms with E-state index < -0.39 is 6.04 Å². The smallest absolute Gasteiger partial charge is 0.292 e. The molecule has 0 unspecified atom stereocenters. The summed E-state index contributed by atoms with van der Waals surface area (Å²) >= 11 is 5.83. The number of rotatable bonds is 4. The number of imide groups is 1. The standard InChI is InChI=1S/C17H14ClFN2O2/c18-12-3-7-14(8-4-12)21-16(22)9-15(17(21)23)20-10-11-1-5-13(19)6-2-11/h1-8,15,20H,9-10H2/p+1/t15-/m0/s1. The van der Waals surface area contributed by atoms with Gasteiger partial charge in [-0.1, -0.05) is 23.7 Å². The Morgan fingerprint density at radius 2 is 1.74 bits per heavy atom. The monoisotopic (exact) mass is 333 g/mol. The molecular weight excluding hydrogens is 319 g/mol. The van der Waals surface area contributed by atoms with Crippen LogP contribution in [0.25, 0.3) is 0 Å². The lowest BCUT2D eigenvalue weighted by Gasteiger charge is -2.14. The summed E-state index contributed by atoms with van der Waals surface area (Å²) in [7, 11) is 0. The maximum atomic E-state index is 12.9. The van der Waals surface area contributed by atoms with Gasteiger partial charge in [-0.2, -0.15) is 0 Å². The van der Waals surface area contributed by atoms with Gasteiger partial charge in [0.2, 0.25) is 5.91 Å². The second kappa shape index (κ2) is 6.48. The van der Waals surface area contributed by atoms with Gasteiger partial charge in [0, 0.05) is 10.6 Å². The Bertz CT molecular complexity index is 731. The fraction of sp³-hybridized carbons (Fsp3) is 0.176. The van der Waals surface area contributed by atoms with Gasteiger partial charge in [0.1, 0.15) is 12.4 Å². The van der Waals surface area contributed by atoms with Crippen molar-refractivity contribution in [2.24, 2.45) is 0 Å². The molecule has 1 aliphatic rings. The van der Waals surface area contributed by atoms with Crippen LogP contribution in [0.5, 0.6) is 0 Å². The van der Waals surface area contributed by atoms with E-state index >= 15 is 0 Å². The first-order valence-electron chi connectivity index (χ1n) is 7.25. The fourth-order valence-corrected chi connectivity index (χ4v) is 2.73. The quantitative estimate of drug-likeness (QED) is 0.869. The summed E-state index contributed by atoms with van der Waals surface area (Å²) in [4.78, 5) is 25.8. The molecule has 1 fully saturated rings. The van der Waals surface area contributed by atoms with Crippen LogP contribution in [-0.2, 0) is 16.1 Å². The number of amides is 2. The Hall–Kier alpha value is -2.24. The number of anilines is 1. The molecule has 2 aromatic rings. The van der Waals surface area contributed by atoms with Crippen LogP contribution >= 0.6 is 11.6 Å². The van der Waals surface area contributed by atoms with Crippen LogP contribution in [0, 0.1) is 5.82 Å². The number of hydrogen-bond donors (Lipinski definition) is 1. The normalized spacial score (nSPS) is 17.8. The summed E-state index contributed by atoms with van der Waals surface area (Å²) in [5, 5.41) is 2.36. The predicted molar refractivity (Wildman–Crippen MR) is 84.4 cm³/mol. The summed E-state index contributed by atoms with van der Waals surface area (Å²) in [6, 6.07) is 12.2. The first kappa shape index (κ1) is 15.6. The lowest BCUT2D eigenvalue weighted by molar-refractivity contribution is -0.690. The van der Waals surface area contributed by atoms with Gasteiger partial charge in [0.05, 0.1) is 12.1 Å². The van der Waals surface area contributed by atoms with Crippen molar-refractivity contribution in [3.63, 3.8) is 0 Å². The Morgan fingerprint density at radius 1 is 1.09 bits per heavy atom. The largest absolute Gasteiger partial charge is 0.332 e. The molecule has 0 bridgehead atoms. The third kappa shape index (κ3) is 3.41. The van der Waals surface area contributed by atoms with Crippen LogP contribution in [0.4, 0.5) is 10.1 Å². The number of nitrogens with two attached hydrogens (primary N) is 1. The zero-order valence-corrected chi connectivity index (χ0v) is 13.0. The number of carbonyl (C=O) groups excluding carboxylic acids is 2. The second-order valence-corrected chi connectivity index (χ2v) is 5.86. The van der Waals surface area contributed by atoms with Gasteiger partial charge in [0.25, 0.3) is 5.91 Å². The van der Waals surface area contributed by atoms with Crippen molar-refractivity contribution >= 4 is 29.1 Å². The molecule has 6 heteroatoms. The van der Waals surface area contributed by atoms with Crippen LogP contribution < -0.4 is 10.2 Å². The van der Waals surface area contributed by atoms with E-state index in [1.807, 2.05) is 5.32 Å². The van der Waals surface area contributed by atoms with E-state index in [0.29, 0.717) is 17.3 Å². The summed E-state index contributed by atoms with van der Waals surface area (Å²) in [5.41, 5.74) is 1.43. The molecule has 0 saturated carbocycles. The first-order chi connectivity index (χ1) is 11.0. The molecule has 1 saturated heterocycles. The van der Waals surface area contributed by atoms with Gasteiger partial charge in [-0.25, -0.2) is 9.29 Å². The molecule has 0 radical (unpaired) electrons. The van der Waals surface area contributed by atoms with Crippen LogP contribution in [-0.4, -0.2) is 17.9 Å². The van der Waals surface area contributed by atoms with Crippen molar-refractivity contribution in [1.29, 1.82) is 0 Å². The topological polar surface area (TPSA) is 54.0 Å². The number of carbonyl (C=O) groups is 2. The Balaban J connectivity index is 1.68. The van der Waals surface area contributed by atoms with Gasteiger partial charge in [0.15, 0.2) is 6.04 Å². The molecule has 2 amide bonds. The zero-order chi connectivity index (χ0) is 16.4. The average molecular weight is 334 g/mol. The number of nitrogens with zero attached hydrogens (tertiary/aromatic N) is 1. The lowest BCUT2D eigenvalue weighted by atomic mass is 10.2. The molecule has 1 atom stereocenters. The van der Waals surface area contributed by atoms with Crippen molar-refractivity contribution in [3.8, 4) is 0 Å². The lowest BCUT2D eigenvalue weighted by Crippen LogP contribution is -2.90. The van der Waals surface area contributed by atoms with Gasteiger partial charge < -0.3 is 5.32 Å². The van der Waals surface area contributed by atoms with Crippen molar-refractivity contribution in [1.82, 2.24) is 0 Å². The van der Waals surface area contributed by atoms with Crippen LogP contribution in [0.3, 0.4) is 0 Å². The molecule has 4 nitrogen and oxygen atoms in total. The second-order valence-electron chi connectivity index (χ2n) is 5.42. The van der Waals surface area contributed by atoms with Crippen molar-refractivity contribution in [2.75, 3.05) is 4.90 Å². The summed E-state index contributed by atoms with van der Waals surface area (Å²) in [5.74, 6) is -0.758. The highest BCUT2D eigenvalue weighted by molar-refractivity contribution is 6.30. The molecule has 0 aromatic heterocycles. The average Bonchev–Trinajstić information content (AvgIpc) is 2.82. The molecule has 1 aliphatic heterocycles. The third-order valence-corrected chi connectivity index (χ3v) is 4.07. The predicted octanol–water partition coefficient (Wildman–Crippen LogP) is 1.87. The SMILES string of the molecule is O=C1C[C@H]([NH2+]Cc2ccc(F)cc2)C(=O)N1c1ccc(Cl)cc1.